The maximum Gasteiger partial charge on any atom is 0.306 e. The van der Waals surface area contributed by atoms with Crippen molar-refractivity contribution in [1.29, 1.82) is 0 Å². The van der Waals surface area contributed by atoms with Gasteiger partial charge in [-0.3, -0.25) is 14.4 Å². The van der Waals surface area contributed by atoms with Crippen molar-refractivity contribution in [2.45, 2.75) is 290 Å². The fourth-order valence-electron chi connectivity index (χ4n) is 8.74. The van der Waals surface area contributed by atoms with Crippen molar-refractivity contribution < 1.29 is 28.6 Å². The van der Waals surface area contributed by atoms with Gasteiger partial charge >= 0.3 is 17.9 Å². The Labute approximate surface area is 493 Å². The number of unbranched alkanes of at least 4 members (excludes halogenated alkanes) is 23. The van der Waals surface area contributed by atoms with Crippen LogP contribution in [-0.4, -0.2) is 37.2 Å². The maximum atomic E-state index is 12.9. The van der Waals surface area contributed by atoms with E-state index in [0.717, 1.165) is 148 Å². The molecule has 1 atom stereocenters. The highest BCUT2D eigenvalue weighted by atomic mass is 16.6. The van der Waals surface area contributed by atoms with E-state index in [4.69, 9.17) is 14.2 Å². The Hall–Kier alpha value is -4.71. The van der Waals surface area contributed by atoms with E-state index in [2.05, 4.69) is 167 Å². The predicted octanol–water partition coefficient (Wildman–Crippen LogP) is 22.7. The molecular formula is C74H120O6. The molecule has 0 saturated heterocycles. The van der Waals surface area contributed by atoms with Gasteiger partial charge in [-0.1, -0.05) is 289 Å². The zero-order chi connectivity index (χ0) is 57.8. The minimum atomic E-state index is -0.790. The molecule has 6 nitrogen and oxygen atoms in total. The first-order chi connectivity index (χ1) is 39.5. The van der Waals surface area contributed by atoms with Crippen LogP contribution in [0.15, 0.2) is 146 Å². The molecule has 0 aliphatic rings. The Kier molecular flexibility index (Phi) is 62.9. The molecule has 0 radical (unpaired) electrons. The third kappa shape index (κ3) is 64.1. The van der Waals surface area contributed by atoms with Crippen LogP contribution < -0.4 is 0 Å². The minimum absolute atomic E-state index is 0.0878. The Morgan fingerprint density at radius 3 is 0.762 bits per heavy atom. The normalized spacial score (nSPS) is 13.1. The lowest BCUT2D eigenvalue weighted by atomic mass is 10.0. The van der Waals surface area contributed by atoms with Crippen molar-refractivity contribution in [3.8, 4) is 0 Å². The molecule has 0 fully saturated rings. The van der Waals surface area contributed by atoms with Crippen molar-refractivity contribution >= 4 is 17.9 Å². The van der Waals surface area contributed by atoms with E-state index < -0.39 is 6.10 Å². The molecule has 1 unspecified atom stereocenters. The van der Waals surface area contributed by atoms with Crippen LogP contribution in [0, 0.1) is 0 Å². The quantitative estimate of drug-likeness (QED) is 0.0261. The fourth-order valence-corrected chi connectivity index (χ4v) is 8.74. The van der Waals surface area contributed by atoms with Crippen LogP contribution in [0.3, 0.4) is 0 Å². The number of carbonyl (C=O) groups is 3. The predicted molar refractivity (Wildman–Crippen MR) is 348 cm³/mol. The van der Waals surface area contributed by atoms with Gasteiger partial charge in [0.1, 0.15) is 13.2 Å². The molecule has 0 aliphatic heterocycles. The average molecular weight is 1110 g/mol. The second kappa shape index (κ2) is 66.8. The second-order valence-electron chi connectivity index (χ2n) is 21.3. The summed E-state index contributed by atoms with van der Waals surface area (Å²) in [7, 11) is 0. The van der Waals surface area contributed by atoms with Gasteiger partial charge in [0.05, 0.1) is 0 Å². The van der Waals surface area contributed by atoms with Crippen molar-refractivity contribution in [3.63, 3.8) is 0 Å². The molecule has 6 heteroatoms. The van der Waals surface area contributed by atoms with E-state index in [9.17, 15) is 14.4 Å². The first-order valence-corrected chi connectivity index (χ1v) is 32.8. The molecule has 0 saturated carbocycles. The Morgan fingerprint density at radius 2 is 0.487 bits per heavy atom. The summed E-state index contributed by atoms with van der Waals surface area (Å²) >= 11 is 0. The summed E-state index contributed by atoms with van der Waals surface area (Å²) in [6.45, 7) is 6.34. The SMILES string of the molecule is CC/C=C\C/C=C\C/C=C\C/C=C\C/C=C\C/C=C\CCCCCCCCCCCCCCC(=O)OCC(COC(=O)CCCCCCCC)OC(=O)CCCCCCCC/C=C\C/C=C\C/C=C\C/C=C\C/C=C\C/C=C\CC. The van der Waals surface area contributed by atoms with Crippen LogP contribution in [0.2, 0.25) is 0 Å². The molecule has 0 amide bonds. The Balaban J connectivity index is 4.13. The summed E-state index contributed by atoms with van der Waals surface area (Å²) < 4.78 is 16.8. The molecule has 80 heavy (non-hydrogen) atoms. The first-order valence-electron chi connectivity index (χ1n) is 32.8. The number of hydrogen-bond donors (Lipinski definition) is 0. The fraction of sp³-hybridized carbons (Fsp3) is 0.635. The highest BCUT2D eigenvalue weighted by Gasteiger charge is 2.19. The molecule has 0 bridgehead atoms. The van der Waals surface area contributed by atoms with Crippen molar-refractivity contribution in [1.82, 2.24) is 0 Å². The summed E-state index contributed by atoms with van der Waals surface area (Å²) in [6, 6.07) is 0. The van der Waals surface area contributed by atoms with E-state index in [1.807, 2.05) is 0 Å². The lowest BCUT2D eigenvalue weighted by molar-refractivity contribution is -0.167. The molecule has 0 aromatic carbocycles. The Morgan fingerprint density at radius 1 is 0.263 bits per heavy atom. The third-order valence-corrected chi connectivity index (χ3v) is 13.6. The first kappa shape index (κ1) is 75.3. The van der Waals surface area contributed by atoms with E-state index >= 15 is 0 Å². The maximum absolute atomic E-state index is 12.9. The summed E-state index contributed by atoms with van der Waals surface area (Å²) in [5, 5.41) is 0. The number of esters is 3. The highest BCUT2D eigenvalue weighted by Crippen LogP contribution is 2.15. The molecular weight excluding hydrogens is 985 g/mol. The lowest BCUT2D eigenvalue weighted by Gasteiger charge is -2.18. The zero-order valence-corrected chi connectivity index (χ0v) is 51.8. The monoisotopic (exact) mass is 1100 g/mol. The smallest absolute Gasteiger partial charge is 0.306 e. The summed E-state index contributed by atoms with van der Waals surface area (Å²) in [6.07, 6.45) is 96.0. The van der Waals surface area contributed by atoms with Crippen LogP contribution >= 0.6 is 0 Å². The van der Waals surface area contributed by atoms with E-state index in [0.29, 0.717) is 19.3 Å². The lowest BCUT2D eigenvalue weighted by Crippen LogP contribution is -2.30. The summed E-state index contributed by atoms with van der Waals surface area (Å²) in [5.74, 6) is -0.914. The standard InChI is InChI=1S/C74H120O6/c1-4-7-10-13-16-18-20-22-24-26-28-30-32-34-35-36-37-38-39-41-42-44-46-48-50-52-54-56-58-61-64-67-73(76)79-70-71(69-78-72(75)66-63-60-15-12-9-6-3)80-74(77)68-65-62-59-57-55-53-51-49-47-45-43-40-33-31-29-27-25-23-21-19-17-14-11-8-5-2/h7-8,10-11,16-19,22-25,28-31,34-35,37-38,40,43,47,49,71H,4-6,9,12-15,20-21,26-27,32-33,36,39,41-42,44-46,48,50-70H2,1-3H3/b10-7-,11-8-,18-16-,19-17-,24-22-,25-23-,30-28-,31-29-,35-34-,38-37-,43-40-,49-47-. The molecule has 0 aromatic heterocycles. The molecule has 452 valence electrons. The summed E-state index contributed by atoms with van der Waals surface area (Å²) in [4.78, 5) is 38.1. The summed E-state index contributed by atoms with van der Waals surface area (Å²) in [5.41, 5.74) is 0. The van der Waals surface area contributed by atoms with E-state index in [-0.39, 0.29) is 31.1 Å². The Bertz CT molecular complexity index is 1750. The minimum Gasteiger partial charge on any atom is -0.462 e. The number of allylic oxidation sites excluding steroid dienone is 24. The van der Waals surface area contributed by atoms with Crippen LogP contribution in [-0.2, 0) is 28.6 Å². The van der Waals surface area contributed by atoms with Crippen LogP contribution in [0.25, 0.3) is 0 Å². The van der Waals surface area contributed by atoms with Crippen LogP contribution in [0.5, 0.6) is 0 Å². The van der Waals surface area contributed by atoms with E-state index in [1.165, 1.54) is 96.3 Å². The largest absolute Gasteiger partial charge is 0.462 e. The van der Waals surface area contributed by atoms with Crippen LogP contribution in [0.4, 0.5) is 0 Å². The van der Waals surface area contributed by atoms with E-state index in [1.54, 1.807) is 0 Å². The van der Waals surface area contributed by atoms with Crippen molar-refractivity contribution in [2.75, 3.05) is 13.2 Å². The molecule has 0 spiro atoms. The van der Waals surface area contributed by atoms with Gasteiger partial charge in [-0.25, -0.2) is 0 Å². The third-order valence-electron chi connectivity index (χ3n) is 13.6. The topological polar surface area (TPSA) is 78.9 Å². The highest BCUT2D eigenvalue weighted by molar-refractivity contribution is 5.71. The van der Waals surface area contributed by atoms with Gasteiger partial charge in [-0.2, -0.15) is 0 Å². The molecule has 0 rings (SSSR count). The molecule has 0 heterocycles. The van der Waals surface area contributed by atoms with Crippen molar-refractivity contribution in [2.24, 2.45) is 0 Å². The molecule has 0 aliphatic carbocycles. The van der Waals surface area contributed by atoms with Crippen LogP contribution in [0.1, 0.15) is 284 Å². The van der Waals surface area contributed by atoms with Gasteiger partial charge < -0.3 is 14.2 Å². The van der Waals surface area contributed by atoms with Gasteiger partial charge in [0.2, 0.25) is 0 Å². The van der Waals surface area contributed by atoms with Gasteiger partial charge in [0.25, 0.3) is 0 Å². The van der Waals surface area contributed by atoms with Gasteiger partial charge in [-0.15, -0.1) is 0 Å². The average Bonchev–Trinajstić information content (AvgIpc) is 3.46. The molecule has 0 N–H and O–H groups in total. The number of hydrogen-bond acceptors (Lipinski definition) is 6. The zero-order valence-electron chi connectivity index (χ0n) is 51.8. The number of carbonyl (C=O) groups excluding carboxylic acids is 3. The molecule has 0 aromatic rings. The second-order valence-corrected chi connectivity index (χ2v) is 21.3. The number of rotatable bonds is 58. The van der Waals surface area contributed by atoms with Gasteiger partial charge in [-0.05, 0) is 122 Å². The van der Waals surface area contributed by atoms with Gasteiger partial charge in [0, 0.05) is 19.3 Å². The van der Waals surface area contributed by atoms with Gasteiger partial charge in [0.15, 0.2) is 6.10 Å². The number of ether oxygens (including phenoxy) is 3. The van der Waals surface area contributed by atoms with Crippen molar-refractivity contribution in [3.05, 3.63) is 146 Å².